The summed E-state index contributed by atoms with van der Waals surface area (Å²) in [5.74, 6) is -1.21. The van der Waals surface area contributed by atoms with Crippen LogP contribution < -0.4 is 21.3 Å². The van der Waals surface area contributed by atoms with Gasteiger partial charge in [0.05, 0.1) is 11.5 Å². The molecule has 6 amide bonds. The van der Waals surface area contributed by atoms with Gasteiger partial charge >= 0.3 is 0 Å². The molecule has 0 rings (SSSR count). The lowest BCUT2D eigenvalue weighted by Gasteiger charge is -2.23. The maximum Gasteiger partial charge on any atom is 0.234 e. The fraction of sp³-hybridized carbons (Fsp3) is 0.714. The van der Waals surface area contributed by atoms with E-state index in [1.807, 2.05) is 13.8 Å². The van der Waals surface area contributed by atoms with Crippen molar-refractivity contribution in [2.24, 2.45) is 0 Å². The van der Waals surface area contributed by atoms with E-state index in [1.165, 1.54) is 13.8 Å². The van der Waals surface area contributed by atoms with Crippen LogP contribution in [0.3, 0.4) is 0 Å². The summed E-state index contributed by atoms with van der Waals surface area (Å²) >= 11 is 12.6. The number of halogens is 2. The summed E-state index contributed by atoms with van der Waals surface area (Å²) in [6.45, 7) is 9.27. The Bertz CT molecular complexity index is 936. The average Bonchev–Trinajstić information content (AvgIpc) is 3.01. The molecule has 0 aromatic heterocycles. The summed E-state index contributed by atoms with van der Waals surface area (Å²) in [6, 6.07) is 0. The van der Waals surface area contributed by atoms with Crippen LogP contribution in [0.2, 0.25) is 0 Å². The van der Waals surface area contributed by atoms with Crippen molar-refractivity contribution in [2.75, 3.05) is 75.6 Å². The number of hydrogen-bond donors (Lipinski definition) is 4. The lowest BCUT2D eigenvalue weighted by Crippen LogP contribution is -2.43. The van der Waals surface area contributed by atoms with E-state index in [4.69, 9.17) is 23.2 Å². The number of amides is 6. The summed E-state index contributed by atoms with van der Waals surface area (Å²) in [6.07, 6.45) is 2.28. The minimum atomic E-state index is -0.273. The van der Waals surface area contributed by atoms with Crippen LogP contribution >= 0.6 is 46.7 Å². The van der Waals surface area contributed by atoms with Crippen LogP contribution in [0.5, 0.6) is 0 Å². The fourth-order valence-electron chi connectivity index (χ4n) is 3.32. The SMILES string of the molecule is CCCC(=O)N(CCNC(=O)CCl)CCNC(=O)CCl.CCCC(=O)N(CCNC(=O)CSC(C)=O)CCNC(=O)CSC(C)=O. The Morgan fingerprint density at radius 1 is 0.522 bits per heavy atom. The summed E-state index contributed by atoms with van der Waals surface area (Å²) in [5, 5.41) is 10.3. The van der Waals surface area contributed by atoms with Crippen molar-refractivity contribution < 1.29 is 38.4 Å². The Balaban J connectivity index is 0. The molecule has 0 aliphatic carbocycles. The van der Waals surface area contributed by atoms with Crippen molar-refractivity contribution in [3.63, 3.8) is 0 Å². The Labute approximate surface area is 289 Å². The second-order valence-corrected chi connectivity index (χ2v) is 12.3. The number of hydrogen-bond acceptors (Lipinski definition) is 10. The van der Waals surface area contributed by atoms with E-state index in [0.29, 0.717) is 58.5 Å². The zero-order valence-corrected chi connectivity index (χ0v) is 30.2. The van der Waals surface area contributed by atoms with Crippen LogP contribution in [0, 0.1) is 0 Å². The minimum absolute atomic E-state index is 0.00672. The summed E-state index contributed by atoms with van der Waals surface area (Å²) in [4.78, 5) is 94.0. The van der Waals surface area contributed by atoms with Crippen molar-refractivity contribution in [3.05, 3.63) is 0 Å². The monoisotopic (exact) mass is 730 g/mol. The van der Waals surface area contributed by atoms with Crippen LogP contribution in [0.4, 0.5) is 0 Å². The maximum absolute atomic E-state index is 12.1. The van der Waals surface area contributed by atoms with Gasteiger partial charge in [0.25, 0.3) is 0 Å². The van der Waals surface area contributed by atoms with Crippen LogP contribution in [0.25, 0.3) is 0 Å². The van der Waals surface area contributed by atoms with Crippen molar-refractivity contribution in [1.82, 2.24) is 31.1 Å². The van der Waals surface area contributed by atoms with Crippen molar-refractivity contribution >= 4 is 92.4 Å². The molecule has 0 saturated carbocycles. The highest BCUT2D eigenvalue weighted by molar-refractivity contribution is 8.14. The minimum Gasteiger partial charge on any atom is -0.354 e. The van der Waals surface area contributed by atoms with E-state index in [0.717, 1.165) is 29.9 Å². The van der Waals surface area contributed by atoms with Gasteiger partial charge in [0, 0.05) is 79.0 Å². The molecule has 0 unspecified atom stereocenters. The highest BCUT2D eigenvalue weighted by atomic mass is 35.5. The normalized spacial score (nSPS) is 10.0. The second kappa shape index (κ2) is 29.8. The van der Waals surface area contributed by atoms with Gasteiger partial charge < -0.3 is 31.1 Å². The smallest absolute Gasteiger partial charge is 0.234 e. The number of nitrogens with zero attached hydrogens (tertiary/aromatic N) is 2. The number of carbonyl (C=O) groups is 8. The number of nitrogens with one attached hydrogen (secondary N) is 4. The Morgan fingerprint density at radius 3 is 1.04 bits per heavy atom. The predicted octanol–water partition coefficient (Wildman–Crippen LogP) is 0.732. The molecule has 0 aliphatic heterocycles. The van der Waals surface area contributed by atoms with Gasteiger partial charge in [-0.1, -0.05) is 37.4 Å². The highest BCUT2D eigenvalue weighted by Crippen LogP contribution is 2.01. The lowest BCUT2D eigenvalue weighted by atomic mass is 10.3. The zero-order chi connectivity index (χ0) is 35.3. The third-order valence-electron chi connectivity index (χ3n) is 5.50. The maximum atomic E-state index is 12.1. The number of thioether (sulfide) groups is 2. The van der Waals surface area contributed by atoms with E-state index in [1.54, 1.807) is 9.80 Å². The Kier molecular flexibility index (Phi) is 29.5. The molecular formula is C28H48Cl2N6O8S2. The molecule has 0 heterocycles. The molecule has 46 heavy (non-hydrogen) atoms. The first-order valence-electron chi connectivity index (χ1n) is 14.8. The quantitative estimate of drug-likeness (QED) is 0.116. The molecular weight excluding hydrogens is 683 g/mol. The van der Waals surface area contributed by atoms with Crippen LogP contribution in [0.15, 0.2) is 0 Å². The Morgan fingerprint density at radius 2 is 0.804 bits per heavy atom. The largest absolute Gasteiger partial charge is 0.354 e. The first-order valence-corrected chi connectivity index (χ1v) is 17.9. The summed E-state index contributed by atoms with van der Waals surface area (Å²) in [5.41, 5.74) is 0. The fourth-order valence-corrected chi connectivity index (χ4v) is 4.38. The van der Waals surface area contributed by atoms with Crippen molar-refractivity contribution in [3.8, 4) is 0 Å². The topological polar surface area (TPSA) is 191 Å². The molecule has 0 fully saturated rings. The first-order chi connectivity index (χ1) is 21.8. The lowest BCUT2D eigenvalue weighted by molar-refractivity contribution is -0.132. The van der Waals surface area contributed by atoms with Gasteiger partial charge in [0.15, 0.2) is 10.2 Å². The van der Waals surface area contributed by atoms with Crippen LogP contribution in [0.1, 0.15) is 53.4 Å². The van der Waals surface area contributed by atoms with E-state index in [-0.39, 0.29) is 82.0 Å². The van der Waals surface area contributed by atoms with E-state index >= 15 is 0 Å². The molecule has 0 radical (unpaired) electrons. The zero-order valence-electron chi connectivity index (χ0n) is 27.0. The summed E-state index contributed by atoms with van der Waals surface area (Å²) in [7, 11) is 0. The molecule has 18 heteroatoms. The van der Waals surface area contributed by atoms with Gasteiger partial charge in [-0.15, -0.1) is 23.2 Å². The predicted molar refractivity (Wildman–Crippen MR) is 183 cm³/mol. The van der Waals surface area contributed by atoms with E-state index < -0.39 is 0 Å². The van der Waals surface area contributed by atoms with E-state index in [9.17, 15) is 38.4 Å². The molecule has 0 saturated heterocycles. The third kappa shape index (κ3) is 27.7. The van der Waals surface area contributed by atoms with Gasteiger partial charge in [-0.2, -0.15) is 0 Å². The Hall–Kier alpha value is -2.56. The molecule has 0 aromatic rings. The van der Waals surface area contributed by atoms with Gasteiger partial charge in [-0.25, -0.2) is 0 Å². The molecule has 264 valence electrons. The van der Waals surface area contributed by atoms with Gasteiger partial charge in [0.2, 0.25) is 35.4 Å². The molecule has 0 aromatic carbocycles. The molecule has 14 nitrogen and oxygen atoms in total. The number of alkyl halides is 2. The van der Waals surface area contributed by atoms with Crippen LogP contribution in [-0.2, 0) is 38.4 Å². The van der Waals surface area contributed by atoms with Gasteiger partial charge in [0.1, 0.15) is 11.8 Å². The molecule has 0 spiro atoms. The molecule has 0 bridgehead atoms. The standard InChI is InChI=1S/C16H27N3O5S2.C12H21Cl2N3O3/c1-4-5-16(24)19(8-6-17-14(22)10-25-12(2)20)9-7-18-15(23)11-26-13(3)21;1-2-3-12(20)17(6-4-15-10(18)8-13)7-5-16-11(19)9-14/h4-11H2,1-3H3,(H,17,22)(H,18,23);2-9H2,1H3,(H,15,18)(H,16,19). The van der Waals surface area contributed by atoms with Crippen LogP contribution in [-0.4, -0.2) is 131 Å². The molecule has 0 aliphatic rings. The first kappa shape index (κ1) is 45.6. The highest BCUT2D eigenvalue weighted by Gasteiger charge is 2.15. The van der Waals surface area contributed by atoms with Crippen molar-refractivity contribution in [1.29, 1.82) is 0 Å². The van der Waals surface area contributed by atoms with Crippen molar-refractivity contribution in [2.45, 2.75) is 53.4 Å². The van der Waals surface area contributed by atoms with Gasteiger partial charge in [-0.3, -0.25) is 38.4 Å². The molecule has 0 atom stereocenters. The average molecular weight is 732 g/mol. The van der Waals surface area contributed by atoms with E-state index in [2.05, 4.69) is 21.3 Å². The number of rotatable bonds is 22. The molecule has 4 N–H and O–H groups in total. The summed E-state index contributed by atoms with van der Waals surface area (Å²) < 4.78 is 0. The third-order valence-corrected chi connectivity index (χ3v) is 7.62. The number of carbonyl (C=O) groups excluding carboxylic acids is 8. The second-order valence-electron chi connectivity index (χ2n) is 9.49. The van der Waals surface area contributed by atoms with Gasteiger partial charge in [-0.05, 0) is 12.8 Å².